The van der Waals surface area contributed by atoms with Gasteiger partial charge in [-0.1, -0.05) is 12.1 Å². The van der Waals surface area contributed by atoms with Gasteiger partial charge in [-0.15, -0.1) is 0 Å². The standard InChI is InChI=1S/C15H14N6O2/c22-21(23)13-14(19-7-3-4-8-19)16-9-17-15(13)20-10-18-11-5-1-2-6-12(11)20/h1-2,5-6,9-10H,3-4,7-8H2. The van der Waals surface area contributed by atoms with Gasteiger partial charge >= 0.3 is 5.69 Å². The summed E-state index contributed by atoms with van der Waals surface area (Å²) in [6.45, 7) is 1.56. The lowest BCUT2D eigenvalue weighted by Gasteiger charge is -2.17. The fraction of sp³-hybridized carbons (Fsp3) is 0.267. The van der Waals surface area contributed by atoms with E-state index >= 15 is 0 Å². The number of nitrogens with zero attached hydrogens (tertiary/aromatic N) is 6. The molecule has 0 spiro atoms. The first-order chi connectivity index (χ1) is 11.3. The van der Waals surface area contributed by atoms with Crippen molar-refractivity contribution in [3.05, 3.63) is 47.0 Å². The molecule has 0 bridgehead atoms. The van der Waals surface area contributed by atoms with Gasteiger partial charge in [0.25, 0.3) is 0 Å². The van der Waals surface area contributed by atoms with Gasteiger partial charge in [0.2, 0.25) is 11.6 Å². The molecule has 8 heteroatoms. The first-order valence-corrected chi connectivity index (χ1v) is 7.42. The van der Waals surface area contributed by atoms with Crippen LogP contribution in [0.5, 0.6) is 0 Å². The van der Waals surface area contributed by atoms with E-state index < -0.39 is 4.92 Å². The van der Waals surface area contributed by atoms with Gasteiger partial charge in [0.15, 0.2) is 0 Å². The summed E-state index contributed by atoms with van der Waals surface area (Å²) in [5.74, 6) is 0.635. The van der Waals surface area contributed by atoms with Gasteiger partial charge in [-0.2, -0.15) is 0 Å². The molecule has 0 unspecified atom stereocenters. The molecule has 0 N–H and O–H groups in total. The van der Waals surface area contributed by atoms with Crippen molar-refractivity contribution in [2.45, 2.75) is 12.8 Å². The predicted octanol–water partition coefficient (Wildman–Crippen LogP) is 2.32. The molecule has 0 amide bonds. The van der Waals surface area contributed by atoms with Crippen LogP contribution in [0.25, 0.3) is 16.9 Å². The molecule has 116 valence electrons. The number of para-hydroxylation sites is 2. The van der Waals surface area contributed by atoms with Crippen molar-refractivity contribution in [3.8, 4) is 5.82 Å². The highest BCUT2D eigenvalue weighted by molar-refractivity contribution is 5.79. The number of hydrogen-bond donors (Lipinski definition) is 0. The number of anilines is 1. The minimum Gasteiger partial charge on any atom is -0.351 e. The Morgan fingerprint density at radius 1 is 1.04 bits per heavy atom. The summed E-state index contributed by atoms with van der Waals surface area (Å²) in [4.78, 5) is 25.9. The number of rotatable bonds is 3. The van der Waals surface area contributed by atoms with E-state index in [4.69, 9.17) is 0 Å². The number of benzene rings is 1. The number of imidazole rings is 1. The molecule has 8 nitrogen and oxygen atoms in total. The predicted molar refractivity (Wildman–Crippen MR) is 84.8 cm³/mol. The van der Waals surface area contributed by atoms with Crippen LogP contribution in [-0.4, -0.2) is 37.5 Å². The molecule has 1 aliphatic rings. The lowest BCUT2D eigenvalue weighted by atomic mass is 10.3. The Bertz CT molecular complexity index is 885. The van der Waals surface area contributed by atoms with Crippen LogP contribution in [0.3, 0.4) is 0 Å². The fourth-order valence-corrected chi connectivity index (χ4v) is 2.99. The maximum Gasteiger partial charge on any atom is 0.354 e. The smallest absolute Gasteiger partial charge is 0.351 e. The summed E-state index contributed by atoms with van der Waals surface area (Å²) < 4.78 is 1.65. The quantitative estimate of drug-likeness (QED) is 0.545. The van der Waals surface area contributed by atoms with E-state index in [2.05, 4.69) is 15.0 Å². The van der Waals surface area contributed by atoms with E-state index in [1.54, 1.807) is 10.9 Å². The van der Waals surface area contributed by atoms with E-state index in [-0.39, 0.29) is 11.5 Å². The molecular weight excluding hydrogens is 296 g/mol. The van der Waals surface area contributed by atoms with E-state index in [9.17, 15) is 10.1 Å². The second-order valence-electron chi connectivity index (χ2n) is 5.42. The Morgan fingerprint density at radius 3 is 2.57 bits per heavy atom. The third-order valence-corrected chi connectivity index (χ3v) is 4.05. The first kappa shape index (κ1) is 13.6. The van der Waals surface area contributed by atoms with Crippen molar-refractivity contribution < 1.29 is 4.92 Å². The van der Waals surface area contributed by atoms with Crippen molar-refractivity contribution in [3.63, 3.8) is 0 Å². The molecule has 0 radical (unpaired) electrons. The normalized spacial score (nSPS) is 14.5. The van der Waals surface area contributed by atoms with Crippen molar-refractivity contribution in [2.75, 3.05) is 18.0 Å². The van der Waals surface area contributed by atoms with Crippen LogP contribution in [-0.2, 0) is 0 Å². The summed E-state index contributed by atoms with van der Waals surface area (Å²) in [6, 6.07) is 7.47. The van der Waals surface area contributed by atoms with Crippen molar-refractivity contribution >= 4 is 22.5 Å². The van der Waals surface area contributed by atoms with Gasteiger partial charge in [0.05, 0.1) is 16.0 Å². The summed E-state index contributed by atoms with van der Waals surface area (Å²) in [5.41, 5.74) is 1.47. The van der Waals surface area contributed by atoms with Crippen molar-refractivity contribution in [1.82, 2.24) is 19.5 Å². The molecule has 4 rings (SSSR count). The Balaban J connectivity index is 1.94. The Hall–Kier alpha value is -3.03. The second-order valence-corrected chi connectivity index (χ2v) is 5.42. The number of fused-ring (bicyclic) bond motifs is 1. The zero-order chi connectivity index (χ0) is 15.8. The molecule has 1 fully saturated rings. The summed E-state index contributed by atoms with van der Waals surface area (Å²) >= 11 is 0. The summed E-state index contributed by atoms with van der Waals surface area (Å²) in [6.07, 6.45) is 4.98. The Kier molecular flexibility index (Phi) is 3.14. The van der Waals surface area contributed by atoms with E-state index in [1.165, 1.54) is 6.33 Å². The molecule has 1 saturated heterocycles. The maximum atomic E-state index is 11.7. The molecule has 0 atom stereocenters. The third kappa shape index (κ3) is 2.19. The molecule has 23 heavy (non-hydrogen) atoms. The largest absolute Gasteiger partial charge is 0.354 e. The van der Waals surface area contributed by atoms with Crippen LogP contribution in [0, 0.1) is 10.1 Å². The maximum absolute atomic E-state index is 11.7. The third-order valence-electron chi connectivity index (χ3n) is 4.05. The van der Waals surface area contributed by atoms with Crippen LogP contribution in [0.2, 0.25) is 0 Å². The minimum atomic E-state index is -0.405. The van der Waals surface area contributed by atoms with E-state index in [1.807, 2.05) is 29.2 Å². The van der Waals surface area contributed by atoms with Gasteiger partial charge in [-0.05, 0) is 25.0 Å². The highest BCUT2D eigenvalue weighted by Crippen LogP contribution is 2.33. The molecule has 0 saturated carbocycles. The van der Waals surface area contributed by atoms with Crippen molar-refractivity contribution in [2.24, 2.45) is 0 Å². The van der Waals surface area contributed by atoms with Crippen LogP contribution in [0.15, 0.2) is 36.9 Å². The molecule has 3 heterocycles. The molecule has 1 aromatic carbocycles. The second kappa shape index (κ2) is 5.31. The van der Waals surface area contributed by atoms with Gasteiger partial charge in [-0.25, -0.2) is 15.0 Å². The highest BCUT2D eigenvalue weighted by Gasteiger charge is 2.29. The molecule has 3 aromatic rings. The first-order valence-electron chi connectivity index (χ1n) is 7.42. The number of nitro groups is 1. The molecule has 1 aliphatic heterocycles. The zero-order valence-electron chi connectivity index (χ0n) is 12.3. The van der Waals surface area contributed by atoms with Gasteiger partial charge < -0.3 is 4.90 Å². The average molecular weight is 310 g/mol. The molecule has 2 aromatic heterocycles. The number of hydrogen-bond acceptors (Lipinski definition) is 6. The van der Waals surface area contributed by atoms with E-state index in [0.29, 0.717) is 5.82 Å². The van der Waals surface area contributed by atoms with E-state index in [0.717, 1.165) is 37.0 Å². The SMILES string of the molecule is O=[N+]([O-])c1c(N2CCCC2)ncnc1-n1cnc2ccccc21. The minimum absolute atomic E-state index is 0.0717. The van der Waals surface area contributed by atoms with Crippen molar-refractivity contribution in [1.29, 1.82) is 0 Å². The van der Waals surface area contributed by atoms with Crippen LogP contribution >= 0.6 is 0 Å². The summed E-state index contributed by atoms with van der Waals surface area (Å²) in [7, 11) is 0. The van der Waals surface area contributed by atoms with Gasteiger partial charge in [-0.3, -0.25) is 14.7 Å². The topological polar surface area (TPSA) is 90.0 Å². The molecule has 0 aliphatic carbocycles. The van der Waals surface area contributed by atoms with Crippen LogP contribution < -0.4 is 4.90 Å². The average Bonchev–Trinajstić information content (AvgIpc) is 3.23. The Labute approximate surface area is 131 Å². The van der Waals surface area contributed by atoms with Crippen LogP contribution in [0.1, 0.15) is 12.8 Å². The lowest BCUT2D eigenvalue weighted by molar-refractivity contribution is -0.384. The highest BCUT2D eigenvalue weighted by atomic mass is 16.6. The fourth-order valence-electron chi connectivity index (χ4n) is 2.99. The summed E-state index contributed by atoms with van der Waals surface area (Å²) in [5, 5.41) is 11.7. The Morgan fingerprint density at radius 2 is 1.78 bits per heavy atom. The zero-order valence-corrected chi connectivity index (χ0v) is 12.3. The van der Waals surface area contributed by atoms with Gasteiger partial charge in [0.1, 0.15) is 12.7 Å². The molecular formula is C15H14N6O2. The van der Waals surface area contributed by atoms with Gasteiger partial charge in [0, 0.05) is 13.1 Å². The van der Waals surface area contributed by atoms with Crippen LogP contribution in [0.4, 0.5) is 11.5 Å². The lowest BCUT2D eigenvalue weighted by Crippen LogP contribution is -2.21. The monoisotopic (exact) mass is 310 g/mol. The number of aromatic nitrogens is 4.